The highest BCUT2D eigenvalue weighted by Gasteiger charge is 2.08. The molecule has 0 fully saturated rings. The maximum absolute atomic E-state index is 5.89. The van der Waals surface area contributed by atoms with Crippen LogP contribution in [0.4, 0.5) is 0 Å². The van der Waals surface area contributed by atoms with Gasteiger partial charge in [-0.1, -0.05) is 16.8 Å². The molecule has 0 saturated carbocycles. The zero-order valence-corrected chi connectivity index (χ0v) is 16.1. The van der Waals surface area contributed by atoms with Crippen LogP contribution in [0.2, 0.25) is 5.02 Å². The number of nitrogens with one attached hydrogen (secondary N) is 2. The Morgan fingerprint density at radius 3 is 2.69 bits per heavy atom. The SMILES string of the molecule is CCOCCCCNC(=NC)NCCc1nc(-c2ccc(Cl)cc2)no1. The Morgan fingerprint density at radius 2 is 1.96 bits per heavy atom. The first-order chi connectivity index (χ1) is 12.7. The molecule has 0 radical (unpaired) electrons. The minimum atomic E-state index is 0.563. The van der Waals surface area contributed by atoms with E-state index in [0.717, 1.165) is 44.1 Å². The molecule has 0 spiro atoms. The number of aromatic nitrogens is 2. The molecule has 0 aliphatic carbocycles. The molecule has 0 aliphatic heterocycles. The fourth-order valence-electron chi connectivity index (χ4n) is 2.26. The third-order valence-corrected chi connectivity index (χ3v) is 3.89. The molecule has 7 nitrogen and oxygen atoms in total. The van der Waals surface area contributed by atoms with E-state index in [2.05, 4.69) is 25.8 Å². The van der Waals surface area contributed by atoms with E-state index < -0.39 is 0 Å². The fraction of sp³-hybridized carbons (Fsp3) is 0.500. The molecule has 8 heteroatoms. The Kier molecular flexibility index (Phi) is 8.92. The molecular weight excluding hydrogens is 354 g/mol. The number of guanidine groups is 1. The first-order valence-corrected chi connectivity index (χ1v) is 9.21. The number of rotatable bonds is 10. The molecular formula is C18H26ClN5O2. The quantitative estimate of drug-likeness (QED) is 0.375. The van der Waals surface area contributed by atoms with E-state index in [4.69, 9.17) is 20.9 Å². The van der Waals surface area contributed by atoms with Gasteiger partial charge in [-0.05, 0) is 44.0 Å². The van der Waals surface area contributed by atoms with Gasteiger partial charge in [0, 0.05) is 50.4 Å². The number of aliphatic imine (C=N–C) groups is 1. The summed E-state index contributed by atoms with van der Waals surface area (Å²) in [4.78, 5) is 8.60. The van der Waals surface area contributed by atoms with E-state index in [9.17, 15) is 0 Å². The van der Waals surface area contributed by atoms with Crippen molar-refractivity contribution in [3.05, 3.63) is 35.2 Å². The van der Waals surface area contributed by atoms with Crippen LogP contribution in [-0.4, -0.2) is 49.5 Å². The van der Waals surface area contributed by atoms with Crippen molar-refractivity contribution < 1.29 is 9.26 Å². The largest absolute Gasteiger partial charge is 0.382 e. The van der Waals surface area contributed by atoms with E-state index in [1.54, 1.807) is 19.2 Å². The molecule has 1 heterocycles. The van der Waals surface area contributed by atoms with Gasteiger partial charge in [-0.25, -0.2) is 0 Å². The predicted molar refractivity (Wildman–Crippen MR) is 104 cm³/mol. The number of hydrogen-bond donors (Lipinski definition) is 2. The highest BCUT2D eigenvalue weighted by Crippen LogP contribution is 2.18. The van der Waals surface area contributed by atoms with Crippen LogP contribution < -0.4 is 10.6 Å². The van der Waals surface area contributed by atoms with Crippen molar-refractivity contribution >= 4 is 17.6 Å². The first kappa shape index (κ1) is 20.2. The number of hydrogen-bond acceptors (Lipinski definition) is 5. The zero-order chi connectivity index (χ0) is 18.6. The summed E-state index contributed by atoms with van der Waals surface area (Å²) in [6.45, 7) is 5.09. The smallest absolute Gasteiger partial charge is 0.228 e. The van der Waals surface area contributed by atoms with Crippen LogP contribution in [-0.2, 0) is 11.2 Å². The van der Waals surface area contributed by atoms with E-state index in [1.165, 1.54) is 0 Å². The fourth-order valence-corrected chi connectivity index (χ4v) is 2.39. The highest BCUT2D eigenvalue weighted by atomic mass is 35.5. The van der Waals surface area contributed by atoms with Crippen LogP contribution in [0.5, 0.6) is 0 Å². The summed E-state index contributed by atoms with van der Waals surface area (Å²) >= 11 is 5.89. The summed E-state index contributed by atoms with van der Waals surface area (Å²) in [5, 5.41) is 11.2. The van der Waals surface area contributed by atoms with Crippen molar-refractivity contribution in [3.63, 3.8) is 0 Å². The number of nitrogens with zero attached hydrogens (tertiary/aromatic N) is 3. The third-order valence-electron chi connectivity index (χ3n) is 3.64. The van der Waals surface area contributed by atoms with Gasteiger partial charge >= 0.3 is 0 Å². The molecule has 0 saturated heterocycles. The molecule has 0 amide bonds. The van der Waals surface area contributed by atoms with Gasteiger partial charge in [0.2, 0.25) is 11.7 Å². The van der Waals surface area contributed by atoms with Crippen LogP contribution >= 0.6 is 11.6 Å². The first-order valence-electron chi connectivity index (χ1n) is 8.83. The van der Waals surface area contributed by atoms with Crippen LogP contribution in [0, 0.1) is 0 Å². The molecule has 2 rings (SSSR count). The van der Waals surface area contributed by atoms with E-state index in [0.29, 0.717) is 29.7 Å². The van der Waals surface area contributed by atoms with Gasteiger partial charge in [0.05, 0.1) is 0 Å². The minimum Gasteiger partial charge on any atom is -0.382 e. The highest BCUT2D eigenvalue weighted by molar-refractivity contribution is 6.30. The standard InChI is InChI=1S/C18H26ClN5O2/c1-3-25-13-5-4-11-21-18(20-2)22-12-10-16-23-17(24-26-16)14-6-8-15(19)9-7-14/h6-9H,3-5,10-13H2,1-2H3,(H2,20,21,22). The van der Waals surface area contributed by atoms with E-state index in [1.807, 2.05) is 19.1 Å². The van der Waals surface area contributed by atoms with Gasteiger partial charge < -0.3 is 19.9 Å². The lowest BCUT2D eigenvalue weighted by atomic mass is 10.2. The molecule has 2 aromatic rings. The lowest BCUT2D eigenvalue weighted by Crippen LogP contribution is -2.38. The van der Waals surface area contributed by atoms with E-state index in [-0.39, 0.29) is 0 Å². The summed E-state index contributed by atoms with van der Waals surface area (Å²) in [6, 6.07) is 7.34. The molecule has 0 bridgehead atoms. The third kappa shape index (κ3) is 7.01. The summed E-state index contributed by atoms with van der Waals surface area (Å²) < 4.78 is 10.6. The molecule has 0 atom stereocenters. The van der Waals surface area contributed by atoms with Crippen molar-refractivity contribution in [1.82, 2.24) is 20.8 Å². The summed E-state index contributed by atoms with van der Waals surface area (Å²) in [6.07, 6.45) is 2.69. The Bertz CT molecular complexity index is 672. The van der Waals surface area contributed by atoms with Gasteiger partial charge in [-0.2, -0.15) is 4.98 Å². The topological polar surface area (TPSA) is 84.6 Å². The van der Waals surface area contributed by atoms with Crippen molar-refractivity contribution in [3.8, 4) is 11.4 Å². The molecule has 0 unspecified atom stereocenters. The molecule has 26 heavy (non-hydrogen) atoms. The summed E-state index contributed by atoms with van der Waals surface area (Å²) in [5.74, 6) is 1.90. The predicted octanol–water partition coefficient (Wildman–Crippen LogP) is 2.91. The molecule has 1 aromatic carbocycles. The van der Waals surface area contributed by atoms with Crippen molar-refractivity contribution in [1.29, 1.82) is 0 Å². The van der Waals surface area contributed by atoms with Crippen LogP contribution in [0.3, 0.4) is 0 Å². The van der Waals surface area contributed by atoms with Crippen molar-refractivity contribution in [2.24, 2.45) is 4.99 Å². The molecule has 0 aliphatic rings. The maximum Gasteiger partial charge on any atom is 0.228 e. The van der Waals surface area contributed by atoms with E-state index >= 15 is 0 Å². The maximum atomic E-state index is 5.89. The van der Waals surface area contributed by atoms with Crippen LogP contribution in [0.1, 0.15) is 25.7 Å². The van der Waals surface area contributed by atoms with Crippen LogP contribution in [0.15, 0.2) is 33.8 Å². The molecule has 142 valence electrons. The number of unbranched alkanes of at least 4 members (excludes halogenated alkanes) is 1. The molecule has 2 N–H and O–H groups in total. The molecule has 1 aromatic heterocycles. The second-order valence-electron chi connectivity index (χ2n) is 5.60. The van der Waals surface area contributed by atoms with Gasteiger partial charge in [0.1, 0.15) is 0 Å². The Morgan fingerprint density at radius 1 is 1.19 bits per heavy atom. The summed E-state index contributed by atoms with van der Waals surface area (Å²) in [7, 11) is 1.75. The lowest BCUT2D eigenvalue weighted by Gasteiger charge is -2.10. The van der Waals surface area contributed by atoms with Crippen molar-refractivity contribution in [2.45, 2.75) is 26.2 Å². The minimum absolute atomic E-state index is 0.563. The number of ether oxygens (including phenoxy) is 1. The van der Waals surface area contributed by atoms with Gasteiger partial charge in [-0.15, -0.1) is 0 Å². The van der Waals surface area contributed by atoms with Crippen LogP contribution in [0.25, 0.3) is 11.4 Å². The monoisotopic (exact) mass is 379 g/mol. The zero-order valence-electron chi connectivity index (χ0n) is 15.3. The van der Waals surface area contributed by atoms with Gasteiger partial charge in [0.15, 0.2) is 5.96 Å². The van der Waals surface area contributed by atoms with Gasteiger partial charge in [-0.3, -0.25) is 4.99 Å². The Balaban J connectivity index is 1.69. The average molecular weight is 380 g/mol. The van der Waals surface area contributed by atoms with Gasteiger partial charge in [0.25, 0.3) is 0 Å². The second-order valence-corrected chi connectivity index (χ2v) is 6.03. The van der Waals surface area contributed by atoms with Crippen molar-refractivity contribution in [2.75, 3.05) is 33.4 Å². The Hall–Kier alpha value is -2.12. The lowest BCUT2D eigenvalue weighted by molar-refractivity contribution is 0.143. The summed E-state index contributed by atoms with van der Waals surface area (Å²) in [5.41, 5.74) is 0.877. The average Bonchev–Trinajstić information content (AvgIpc) is 3.12. The number of halogens is 1. The number of benzene rings is 1. The Labute approximate surface area is 159 Å². The normalized spacial score (nSPS) is 11.6. The second kappa shape index (κ2) is 11.5.